The van der Waals surface area contributed by atoms with Gasteiger partial charge < -0.3 is 5.11 Å². The maximum atomic E-state index is 11.9. The number of aliphatic hydroxyl groups excluding tert-OH is 1. The Labute approximate surface area is 147 Å². The molecule has 2 nitrogen and oxygen atoms in total. The summed E-state index contributed by atoms with van der Waals surface area (Å²) in [6.45, 7) is 7.57. The number of aliphatic hydroxyl groups is 1. The molecule has 4 aliphatic rings. The van der Waals surface area contributed by atoms with Crippen LogP contribution in [0.4, 0.5) is 0 Å². The van der Waals surface area contributed by atoms with Gasteiger partial charge in [0.2, 0.25) is 0 Å². The highest BCUT2D eigenvalue weighted by Gasteiger charge is 2.59. The number of carbonyl (C=O) groups is 1. The highest BCUT2D eigenvalue weighted by Crippen LogP contribution is 2.67. The van der Waals surface area contributed by atoms with E-state index < -0.39 is 0 Å². The first-order valence-corrected chi connectivity index (χ1v) is 10.2. The molecule has 0 aromatic rings. The summed E-state index contributed by atoms with van der Waals surface area (Å²) in [6.07, 6.45) is 12.8. The van der Waals surface area contributed by atoms with Gasteiger partial charge in [-0.25, -0.2) is 0 Å². The molecule has 2 heteroatoms. The molecule has 0 amide bonds. The molecule has 0 radical (unpaired) electrons. The van der Waals surface area contributed by atoms with Gasteiger partial charge in [0.1, 0.15) is 0 Å². The zero-order chi connectivity index (χ0) is 17.1. The van der Waals surface area contributed by atoms with Crippen LogP contribution in [0.15, 0.2) is 12.2 Å². The molecule has 1 N–H and O–H groups in total. The van der Waals surface area contributed by atoms with Crippen LogP contribution >= 0.6 is 0 Å². The second-order valence-corrected chi connectivity index (χ2v) is 9.91. The van der Waals surface area contributed by atoms with Gasteiger partial charge in [0.25, 0.3) is 0 Å². The average Bonchev–Trinajstić information content (AvgIpc) is 2.92. The smallest absolute Gasteiger partial charge is 0.155 e. The van der Waals surface area contributed by atoms with Crippen LogP contribution in [0.5, 0.6) is 0 Å². The topological polar surface area (TPSA) is 37.3 Å². The Hall–Kier alpha value is -0.630. The largest absolute Gasteiger partial charge is 0.396 e. The van der Waals surface area contributed by atoms with E-state index >= 15 is 0 Å². The number of hydrogen-bond donors (Lipinski definition) is 1. The molecule has 134 valence electrons. The van der Waals surface area contributed by atoms with Crippen molar-refractivity contribution >= 4 is 5.78 Å². The van der Waals surface area contributed by atoms with Gasteiger partial charge in [0.05, 0.1) is 0 Å². The lowest BCUT2D eigenvalue weighted by Gasteiger charge is -2.59. The van der Waals surface area contributed by atoms with Crippen LogP contribution in [0, 0.1) is 46.3 Å². The summed E-state index contributed by atoms with van der Waals surface area (Å²) in [7, 11) is 0. The van der Waals surface area contributed by atoms with Crippen LogP contribution in [0.1, 0.15) is 65.7 Å². The lowest BCUT2D eigenvalue weighted by atomic mass is 9.45. The van der Waals surface area contributed by atoms with Crippen molar-refractivity contribution in [3.8, 4) is 0 Å². The van der Waals surface area contributed by atoms with Crippen molar-refractivity contribution < 1.29 is 9.90 Å². The number of rotatable bonds is 2. The summed E-state index contributed by atoms with van der Waals surface area (Å²) >= 11 is 0. The fourth-order valence-electron chi connectivity index (χ4n) is 7.74. The molecule has 0 saturated heterocycles. The van der Waals surface area contributed by atoms with Crippen molar-refractivity contribution in [3.05, 3.63) is 12.2 Å². The summed E-state index contributed by atoms with van der Waals surface area (Å²) in [5, 5.41) is 9.71. The summed E-state index contributed by atoms with van der Waals surface area (Å²) in [6, 6.07) is 0. The first kappa shape index (κ1) is 16.8. The second-order valence-electron chi connectivity index (χ2n) is 9.91. The van der Waals surface area contributed by atoms with Crippen LogP contribution in [0.3, 0.4) is 0 Å². The molecule has 0 aromatic carbocycles. The third-order valence-electron chi connectivity index (χ3n) is 9.09. The van der Waals surface area contributed by atoms with Gasteiger partial charge in [-0.3, -0.25) is 4.79 Å². The standard InChI is InChI=1S/C22H34O2/c1-14(13-23)18-6-7-19-17-5-4-15-12-16(24)8-10-21(15,2)20(17)9-11-22(18,19)3/h8,10,14-15,17-20,23H,4-7,9,11-13H2,1-3H3/t14?,15-,17-,18+,19-,20-,21-,22+/m0/s1. The maximum Gasteiger partial charge on any atom is 0.155 e. The van der Waals surface area contributed by atoms with Crippen LogP contribution in [0.25, 0.3) is 0 Å². The van der Waals surface area contributed by atoms with Crippen LogP contribution in [0.2, 0.25) is 0 Å². The van der Waals surface area contributed by atoms with Gasteiger partial charge in [0, 0.05) is 13.0 Å². The van der Waals surface area contributed by atoms with Gasteiger partial charge in [-0.1, -0.05) is 26.8 Å². The van der Waals surface area contributed by atoms with E-state index in [0.29, 0.717) is 35.6 Å². The molecule has 4 rings (SSSR count). The fraction of sp³-hybridized carbons (Fsp3) is 0.864. The first-order chi connectivity index (χ1) is 11.4. The van der Waals surface area contributed by atoms with Gasteiger partial charge in [-0.15, -0.1) is 0 Å². The predicted octanol–water partition coefficient (Wildman–Crippen LogP) is 4.62. The Bertz CT molecular complexity index is 552. The summed E-state index contributed by atoms with van der Waals surface area (Å²) < 4.78 is 0. The van der Waals surface area contributed by atoms with E-state index in [9.17, 15) is 9.90 Å². The Kier molecular flexibility index (Phi) is 3.99. The minimum absolute atomic E-state index is 0.249. The fourth-order valence-corrected chi connectivity index (χ4v) is 7.74. The first-order valence-electron chi connectivity index (χ1n) is 10.2. The van der Waals surface area contributed by atoms with Crippen LogP contribution in [-0.2, 0) is 4.79 Å². The maximum absolute atomic E-state index is 11.9. The second kappa shape index (κ2) is 5.69. The summed E-state index contributed by atoms with van der Waals surface area (Å²) in [4.78, 5) is 11.9. The molecule has 0 bridgehead atoms. The zero-order valence-electron chi connectivity index (χ0n) is 15.6. The van der Waals surface area contributed by atoms with Crippen molar-refractivity contribution in [2.24, 2.45) is 46.3 Å². The number of fused-ring (bicyclic) bond motifs is 5. The lowest BCUT2D eigenvalue weighted by molar-refractivity contribution is -0.123. The van der Waals surface area contributed by atoms with E-state index in [-0.39, 0.29) is 5.41 Å². The molecule has 0 heterocycles. The van der Waals surface area contributed by atoms with E-state index in [1.54, 1.807) is 0 Å². The molecule has 1 unspecified atom stereocenters. The Morgan fingerprint density at radius 3 is 2.71 bits per heavy atom. The third-order valence-corrected chi connectivity index (χ3v) is 9.09. The van der Waals surface area contributed by atoms with E-state index in [4.69, 9.17) is 0 Å². The van der Waals surface area contributed by atoms with Gasteiger partial charge >= 0.3 is 0 Å². The van der Waals surface area contributed by atoms with Crippen molar-refractivity contribution in [2.75, 3.05) is 6.61 Å². The number of ketones is 1. The predicted molar refractivity (Wildman–Crippen MR) is 96.4 cm³/mol. The molecule has 3 saturated carbocycles. The normalized spacial score (nSPS) is 51.7. The highest BCUT2D eigenvalue weighted by molar-refractivity contribution is 5.91. The van der Waals surface area contributed by atoms with E-state index in [2.05, 4.69) is 26.8 Å². The molecular formula is C22H34O2. The third kappa shape index (κ3) is 2.21. The van der Waals surface area contributed by atoms with Gasteiger partial charge in [-0.05, 0) is 90.9 Å². The minimum atomic E-state index is 0.249. The Morgan fingerprint density at radius 2 is 1.96 bits per heavy atom. The molecule has 24 heavy (non-hydrogen) atoms. The van der Waals surface area contributed by atoms with Gasteiger partial charge in [-0.2, -0.15) is 0 Å². The van der Waals surface area contributed by atoms with Crippen molar-refractivity contribution in [2.45, 2.75) is 65.7 Å². The van der Waals surface area contributed by atoms with Gasteiger partial charge in [0.15, 0.2) is 5.78 Å². The monoisotopic (exact) mass is 330 g/mol. The summed E-state index contributed by atoms with van der Waals surface area (Å²) in [5.74, 6) is 4.49. The molecule has 0 aliphatic heterocycles. The zero-order valence-corrected chi connectivity index (χ0v) is 15.6. The summed E-state index contributed by atoms with van der Waals surface area (Å²) in [5.41, 5.74) is 0.680. The Morgan fingerprint density at radius 1 is 1.17 bits per heavy atom. The molecule has 4 aliphatic carbocycles. The SMILES string of the molecule is CC(CO)[C@H]1CC[C@H]2[C@@H]3CC[C@H]4CC(=O)C=C[C@]4(C)[C@H]3CC[C@]12C. The van der Waals surface area contributed by atoms with E-state index in [1.807, 2.05) is 6.08 Å². The van der Waals surface area contributed by atoms with E-state index in [0.717, 1.165) is 24.2 Å². The van der Waals surface area contributed by atoms with Crippen LogP contribution < -0.4 is 0 Å². The van der Waals surface area contributed by atoms with E-state index in [1.165, 1.54) is 38.5 Å². The highest BCUT2D eigenvalue weighted by atomic mass is 16.3. The Balaban J connectivity index is 1.63. The molecule has 0 aromatic heterocycles. The van der Waals surface area contributed by atoms with Crippen molar-refractivity contribution in [1.29, 1.82) is 0 Å². The number of carbonyl (C=O) groups excluding carboxylic acids is 1. The average molecular weight is 331 g/mol. The number of allylic oxidation sites excluding steroid dienone is 2. The molecule has 8 atom stereocenters. The molecular weight excluding hydrogens is 296 g/mol. The van der Waals surface area contributed by atoms with Crippen molar-refractivity contribution in [3.63, 3.8) is 0 Å². The lowest BCUT2D eigenvalue weighted by Crippen LogP contribution is -2.52. The molecule has 3 fully saturated rings. The minimum Gasteiger partial charge on any atom is -0.396 e. The molecule has 0 spiro atoms. The number of hydrogen-bond acceptors (Lipinski definition) is 2. The quantitative estimate of drug-likeness (QED) is 0.802. The van der Waals surface area contributed by atoms with Crippen LogP contribution in [-0.4, -0.2) is 17.5 Å². The van der Waals surface area contributed by atoms with Crippen molar-refractivity contribution in [1.82, 2.24) is 0 Å².